The molecule has 4 nitrogen and oxygen atoms in total. The van der Waals surface area contributed by atoms with Gasteiger partial charge in [-0.2, -0.15) is 5.26 Å². The number of amides is 1. The van der Waals surface area contributed by atoms with Crippen molar-refractivity contribution in [1.29, 1.82) is 5.26 Å². The number of aliphatic hydroxyl groups is 1. The Hall–Kier alpha value is -1.86. The van der Waals surface area contributed by atoms with Crippen LogP contribution in [0.2, 0.25) is 0 Å². The van der Waals surface area contributed by atoms with Gasteiger partial charge in [-0.1, -0.05) is 43.2 Å². The summed E-state index contributed by atoms with van der Waals surface area (Å²) < 4.78 is 0. The van der Waals surface area contributed by atoms with Gasteiger partial charge < -0.3 is 10.0 Å². The highest BCUT2D eigenvalue weighted by molar-refractivity contribution is 5.78. The first-order chi connectivity index (χ1) is 11.1. The number of hydrogen-bond donors (Lipinski definition) is 1. The van der Waals surface area contributed by atoms with Gasteiger partial charge in [0.25, 0.3) is 0 Å². The van der Waals surface area contributed by atoms with E-state index < -0.39 is 5.60 Å². The number of nitriles is 1. The molecule has 4 heteroatoms. The summed E-state index contributed by atoms with van der Waals surface area (Å²) in [7, 11) is 0. The SMILES string of the molecule is N#CC(c1ccccc1)C1CCCN1C(=O)CC1(O)CCCC1. The molecule has 0 aromatic heterocycles. The number of hydrogen-bond acceptors (Lipinski definition) is 3. The predicted octanol–water partition coefficient (Wildman–Crippen LogP) is 2.98. The van der Waals surface area contributed by atoms with E-state index in [2.05, 4.69) is 6.07 Å². The van der Waals surface area contributed by atoms with Gasteiger partial charge in [-0.25, -0.2) is 0 Å². The first-order valence-corrected chi connectivity index (χ1v) is 8.59. The Labute approximate surface area is 137 Å². The minimum absolute atomic E-state index is 0.00748. The monoisotopic (exact) mass is 312 g/mol. The Bertz CT molecular complexity index is 587. The summed E-state index contributed by atoms with van der Waals surface area (Å²) in [5, 5.41) is 20.1. The van der Waals surface area contributed by atoms with E-state index in [9.17, 15) is 15.2 Å². The number of benzene rings is 1. The molecule has 1 aromatic carbocycles. The van der Waals surface area contributed by atoms with E-state index in [1.807, 2.05) is 35.2 Å². The van der Waals surface area contributed by atoms with Crippen LogP contribution >= 0.6 is 0 Å². The summed E-state index contributed by atoms with van der Waals surface area (Å²) in [4.78, 5) is 14.6. The van der Waals surface area contributed by atoms with Crippen LogP contribution in [0.25, 0.3) is 0 Å². The number of carbonyl (C=O) groups is 1. The quantitative estimate of drug-likeness (QED) is 0.929. The Kier molecular flexibility index (Phi) is 4.68. The van der Waals surface area contributed by atoms with Crippen molar-refractivity contribution in [2.45, 2.75) is 62.5 Å². The van der Waals surface area contributed by atoms with E-state index in [4.69, 9.17) is 0 Å². The van der Waals surface area contributed by atoms with Crippen molar-refractivity contribution in [3.63, 3.8) is 0 Å². The highest BCUT2D eigenvalue weighted by atomic mass is 16.3. The lowest BCUT2D eigenvalue weighted by atomic mass is 9.90. The van der Waals surface area contributed by atoms with Crippen LogP contribution in [-0.2, 0) is 4.79 Å². The van der Waals surface area contributed by atoms with Crippen LogP contribution in [0.1, 0.15) is 56.4 Å². The zero-order valence-corrected chi connectivity index (χ0v) is 13.4. The molecule has 1 aliphatic heterocycles. The molecular formula is C19H24N2O2. The summed E-state index contributed by atoms with van der Waals surface area (Å²) in [5.74, 6) is -0.283. The van der Waals surface area contributed by atoms with Crippen molar-refractivity contribution in [1.82, 2.24) is 4.90 Å². The van der Waals surface area contributed by atoms with Crippen LogP contribution in [0.3, 0.4) is 0 Å². The Morgan fingerprint density at radius 3 is 2.65 bits per heavy atom. The standard InChI is InChI=1S/C19H24N2O2/c20-14-16(15-7-2-1-3-8-15)17-9-6-12-21(17)18(22)13-19(23)10-4-5-11-19/h1-3,7-8,16-17,23H,4-6,9-13H2. The smallest absolute Gasteiger partial charge is 0.225 e. The maximum Gasteiger partial charge on any atom is 0.225 e. The van der Waals surface area contributed by atoms with E-state index >= 15 is 0 Å². The Morgan fingerprint density at radius 1 is 1.30 bits per heavy atom. The molecule has 1 aliphatic carbocycles. The molecule has 1 N–H and O–H groups in total. The van der Waals surface area contributed by atoms with Gasteiger partial charge in [-0.15, -0.1) is 0 Å². The van der Waals surface area contributed by atoms with Crippen LogP contribution in [0.15, 0.2) is 30.3 Å². The molecule has 0 spiro atoms. The molecule has 1 amide bonds. The molecule has 0 bridgehead atoms. The van der Waals surface area contributed by atoms with Crippen molar-refractivity contribution in [2.75, 3.05) is 6.54 Å². The second kappa shape index (κ2) is 6.72. The number of carbonyl (C=O) groups excluding carboxylic acids is 1. The van der Waals surface area contributed by atoms with E-state index in [0.29, 0.717) is 6.54 Å². The second-order valence-corrected chi connectivity index (χ2v) is 6.92. The molecule has 2 fully saturated rings. The van der Waals surface area contributed by atoms with E-state index in [1.54, 1.807) is 0 Å². The normalized spacial score (nSPS) is 24.3. The summed E-state index contributed by atoms with van der Waals surface area (Å²) >= 11 is 0. The van der Waals surface area contributed by atoms with Gasteiger partial charge in [-0.3, -0.25) is 4.79 Å². The van der Waals surface area contributed by atoms with Gasteiger partial charge in [0.15, 0.2) is 0 Å². The van der Waals surface area contributed by atoms with Crippen LogP contribution in [0.4, 0.5) is 0 Å². The molecule has 1 saturated heterocycles. The third-order valence-corrected chi connectivity index (χ3v) is 5.32. The third kappa shape index (κ3) is 3.40. The largest absolute Gasteiger partial charge is 0.389 e. The van der Waals surface area contributed by atoms with Crippen LogP contribution in [0, 0.1) is 11.3 Å². The van der Waals surface area contributed by atoms with Crippen LogP contribution in [-0.4, -0.2) is 34.1 Å². The van der Waals surface area contributed by atoms with Crippen molar-refractivity contribution in [2.24, 2.45) is 0 Å². The van der Waals surface area contributed by atoms with Crippen molar-refractivity contribution in [3.05, 3.63) is 35.9 Å². The van der Waals surface area contributed by atoms with Crippen molar-refractivity contribution >= 4 is 5.91 Å². The lowest BCUT2D eigenvalue weighted by Gasteiger charge is -2.31. The van der Waals surface area contributed by atoms with Gasteiger partial charge in [0.1, 0.15) is 0 Å². The van der Waals surface area contributed by atoms with E-state index in [1.165, 1.54) is 0 Å². The maximum absolute atomic E-state index is 12.7. The molecule has 1 aromatic rings. The average Bonchev–Trinajstić information content (AvgIpc) is 3.19. The van der Waals surface area contributed by atoms with Crippen LogP contribution < -0.4 is 0 Å². The number of rotatable bonds is 4. The first kappa shape index (κ1) is 16.0. The Balaban J connectivity index is 1.74. The van der Waals surface area contributed by atoms with Gasteiger partial charge in [-0.05, 0) is 31.2 Å². The fraction of sp³-hybridized carbons (Fsp3) is 0.579. The lowest BCUT2D eigenvalue weighted by Crippen LogP contribution is -2.42. The molecule has 2 unspecified atom stereocenters. The first-order valence-electron chi connectivity index (χ1n) is 8.59. The van der Waals surface area contributed by atoms with Gasteiger partial charge >= 0.3 is 0 Å². The van der Waals surface area contributed by atoms with Gasteiger partial charge in [0.2, 0.25) is 5.91 Å². The minimum Gasteiger partial charge on any atom is -0.389 e. The fourth-order valence-corrected chi connectivity index (χ4v) is 4.08. The second-order valence-electron chi connectivity index (χ2n) is 6.92. The number of nitrogens with zero attached hydrogens (tertiary/aromatic N) is 2. The summed E-state index contributed by atoms with van der Waals surface area (Å²) in [6.07, 6.45) is 5.43. The van der Waals surface area contributed by atoms with Crippen LogP contribution in [0.5, 0.6) is 0 Å². The summed E-state index contributed by atoms with van der Waals surface area (Å²) in [5.41, 5.74) is 0.151. The Morgan fingerprint density at radius 2 is 2.00 bits per heavy atom. The molecule has 2 atom stereocenters. The zero-order chi connectivity index (χ0) is 16.3. The molecule has 122 valence electrons. The molecule has 23 heavy (non-hydrogen) atoms. The third-order valence-electron chi connectivity index (χ3n) is 5.32. The lowest BCUT2D eigenvalue weighted by molar-refractivity contribution is -0.137. The maximum atomic E-state index is 12.7. The minimum atomic E-state index is -0.820. The molecule has 0 radical (unpaired) electrons. The zero-order valence-electron chi connectivity index (χ0n) is 13.4. The van der Waals surface area contributed by atoms with E-state index in [0.717, 1.165) is 44.1 Å². The van der Waals surface area contributed by atoms with Gasteiger partial charge in [0.05, 0.1) is 30.1 Å². The van der Waals surface area contributed by atoms with Gasteiger partial charge in [0, 0.05) is 6.54 Å². The summed E-state index contributed by atoms with van der Waals surface area (Å²) in [6.45, 7) is 0.699. The molecule has 3 rings (SSSR count). The highest BCUT2D eigenvalue weighted by Gasteiger charge is 2.40. The van der Waals surface area contributed by atoms with Crippen molar-refractivity contribution < 1.29 is 9.90 Å². The van der Waals surface area contributed by atoms with E-state index in [-0.39, 0.29) is 24.3 Å². The molecule has 2 aliphatic rings. The highest BCUT2D eigenvalue weighted by Crippen LogP contribution is 2.36. The average molecular weight is 312 g/mol. The predicted molar refractivity (Wildman–Crippen MR) is 87.6 cm³/mol. The summed E-state index contributed by atoms with van der Waals surface area (Å²) in [6, 6.07) is 12.0. The molecular weight excluding hydrogens is 288 g/mol. The number of likely N-dealkylation sites (tertiary alicyclic amines) is 1. The fourth-order valence-electron chi connectivity index (χ4n) is 4.08. The molecule has 1 heterocycles. The molecule has 1 saturated carbocycles. The topological polar surface area (TPSA) is 64.3 Å². The van der Waals surface area contributed by atoms with Crippen molar-refractivity contribution in [3.8, 4) is 6.07 Å².